The van der Waals surface area contributed by atoms with Crippen LogP contribution in [0.15, 0.2) is 83.8 Å². The molecule has 1 fully saturated rings. The molecule has 1 aliphatic rings. The van der Waals surface area contributed by atoms with Crippen LogP contribution in [-0.2, 0) is 9.59 Å². The van der Waals surface area contributed by atoms with E-state index in [2.05, 4.69) is 5.32 Å². The van der Waals surface area contributed by atoms with Crippen LogP contribution in [0.2, 0.25) is 0 Å². The third-order valence-electron chi connectivity index (χ3n) is 5.66. The van der Waals surface area contributed by atoms with Crippen LogP contribution in [0.1, 0.15) is 5.56 Å². The lowest BCUT2D eigenvalue weighted by Crippen LogP contribution is -2.36. The van der Waals surface area contributed by atoms with Crippen molar-refractivity contribution in [1.82, 2.24) is 4.90 Å². The van der Waals surface area contributed by atoms with Gasteiger partial charge in [0.2, 0.25) is 5.91 Å². The summed E-state index contributed by atoms with van der Waals surface area (Å²) in [4.78, 5) is 39.5. The highest BCUT2D eigenvalue weighted by molar-refractivity contribution is 8.18. The lowest BCUT2D eigenvalue weighted by molar-refractivity contribution is -0.127. The van der Waals surface area contributed by atoms with Crippen molar-refractivity contribution >= 4 is 62.1 Å². The molecule has 4 aromatic rings. The summed E-state index contributed by atoms with van der Waals surface area (Å²) in [6, 6.07) is 24.6. The number of carbonyl (C=O) groups excluding carboxylic acids is 3. The Bertz CT molecular complexity index is 1490. The van der Waals surface area contributed by atoms with E-state index in [1.165, 1.54) is 0 Å². The van der Waals surface area contributed by atoms with Gasteiger partial charge in [0.15, 0.2) is 0 Å². The van der Waals surface area contributed by atoms with Gasteiger partial charge in [0.25, 0.3) is 11.1 Å². The van der Waals surface area contributed by atoms with Gasteiger partial charge >= 0.3 is 0 Å². The van der Waals surface area contributed by atoms with Crippen molar-refractivity contribution in [2.45, 2.75) is 0 Å². The Balaban J connectivity index is 1.37. The molecule has 4 aromatic carbocycles. The molecular formula is C27H20N2O4S. The van der Waals surface area contributed by atoms with E-state index in [-0.39, 0.29) is 11.4 Å². The standard InChI is InChI=1S/C27H20N2O4S/c1-33-23-14-13-18(19-9-4-5-11-21(19)23)15-24-26(31)29(27(32)34-24)16-25(30)28-22-12-6-8-17-7-2-3-10-20(17)22/h2-15H,16H2,1H3,(H,28,30)/b24-15+. The molecule has 1 heterocycles. The monoisotopic (exact) mass is 468 g/mol. The zero-order valence-electron chi connectivity index (χ0n) is 18.3. The van der Waals surface area contributed by atoms with Gasteiger partial charge in [0.05, 0.1) is 12.0 Å². The topological polar surface area (TPSA) is 75.7 Å². The molecule has 0 atom stereocenters. The van der Waals surface area contributed by atoms with Crippen LogP contribution in [0.4, 0.5) is 10.5 Å². The first kappa shape index (κ1) is 21.7. The van der Waals surface area contributed by atoms with E-state index in [4.69, 9.17) is 4.74 Å². The Morgan fingerprint density at radius 1 is 0.912 bits per heavy atom. The third-order valence-corrected chi connectivity index (χ3v) is 6.57. The predicted octanol–water partition coefficient (Wildman–Crippen LogP) is 5.68. The fourth-order valence-electron chi connectivity index (χ4n) is 4.04. The predicted molar refractivity (Wildman–Crippen MR) is 136 cm³/mol. The molecule has 0 radical (unpaired) electrons. The fraction of sp³-hybridized carbons (Fsp3) is 0.0741. The Hall–Kier alpha value is -4.10. The average molecular weight is 469 g/mol. The number of carbonyl (C=O) groups is 3. The average Bonchev–Trinajstić information content (AvgIpc) is 3.11. The SMILES string of the molecule is COc1ccc(/C=C2/SC(=O)N(CC(=O)Nc3cccc4ccccc34)C2=O)c2ccccc12. The summed E-state index contributed by atoms with van der Waals surface area (Å²) < 4.78 is 5.43. The van der Waals surface area contributed by atoms with Gasteiger partial charge in [-0.05, 0) is 46.3 Å². The van der Waals surface area contributed by atoms with E-state index in [0.29, 0.717) is 5.69 Å². The minimum absolute atomic E-state index is 0.276. The Morgan fingerprint density at radius 3 is 2.41 bits per heavy atom. The van der Waals surface area contributed by atoms with Gasteiger partial charge < -0.3 is 10.1 Å². The number of hydrogen-bond acceptors (Lipinski definition) is 5. The number of hydrogen-bond donors (Lipinski definition) is 1. The fourth-order valence-corrected chi connectivity index (χ4v) is 4.87. The summed E-state index contributed by atoms with van der Waals surface area (Å²) in [5.74, 6) is -0.191. The Labute approximate surface area is 200 Å². The molecule has 0 saturated carbocycles. The van der Waals surface area contributed by atoms with Gasteiger partial charge in [-0.1, -0.05) is 66.7 Å². The second kappa shape index (κ2) is 9.03. The number of benzene rings is 4. The summed E-state index contributed by atoms with van der Waals surface area (Å²) >= 11 is 0.833. The van der Waals surface area contributed by atoms with E-state index < -0.39 is 17.1 Å². The minimum Gasteiger partial charge on any atom is -0.496 e. The molecule has 0 aromatic heterocycles. The highest BCUT2D eigenvalue weighted by Crippen LogP contribution is 2.35. The normalized spacial score (nSPS) is 14.9. The minimum atomic E-state index is -0.483. The van der Waals surface area contributed by atoms with E-state index >= 15 is 0 Å². The first-order valence-corrected chi connectivity index (χ1v) is 11.5. The van der Waals surface area contributed by atoms with Crippen LogP contribution in [0.3, 0.4) is 0 Å². The number of ether oxygens (including phenoxy) is 1. The highest BCUT2D eigenvalue weighted by atomic mass is 32.2. The van der Waals surface area contributed by atoms with Crippen LogP contribution < -0.4 is 10.1 Å². The van der Waals surface area contributed by atoms with Crippen LogP contribution in [0.25, 0.3) is 27.6 Å². The maximum atomic E-state index is 13.0. The number of nitrogens with one attached hydrogen (secondary N) is 1. The van der Waals surface area contributed by atoms with E-state index in [0.717, 1.165) is 49.5 Å². The van der Waals surface area contributed by atoms with Crippen molar-refractivity contribution in [2.24, 2.45) is 0 Å². The largest absolute Gasteiger partial charge is 0.496 e. The molecule has 0 unspecified atom stereocenters. The number of nitrogens with zero attached hydrogens (tertiary/aromatic N) is 1. The maximum absolute atomic E-state index is 13.0. The van der Waals surface area contributed by atoms with Gasteiger partial charge in [0, 0.05) is 16.5 Å². The van der Waals surface area contributed by atoms with E-state index in [1.807, 2.05) is 72.8 Å². The summed E-state index contributed by atoms with van der Waals surface area (Å²) in [6.45, 7) is -0.353. The molecule has 7 heteroatoms. The van der Waals surface area contributed by atoms with Gasteiger partial charge in [-0.15, -0.1) is 0 Å². The Morgan fingerprint density at radius 2 is 1.62 bits per heavy atom. The van der Waals surface area contributed by atoms with Crippen molar-refractivity contribution in [3.05, 3.63) is 89.3 Å². The van der Waals surface area contributed by atoms with Crippen molar-refractivity contribution in [1.29, 1.82) is 0 Å². The molecule has 168 valence electrons. The van der Waals surface area contributed by atoms with Crippen molar-refractivity contribution in [3.8, 4) is 5.75 Å². The Kier molecular flexibility index (Phi) is 5.77. The molecule has 0 spiro atoms. The third kappa shape index (κ3) is 4.02. The first-order valence-electron chi connectivity index (χ1n) is 10.6. The van der Waals surface area contributed by atoms with Crippen molar-refractivity contribution < 1.29 is 19.1 Å². The number of anilines is 1. The smallest absolute Gasteiger partial charge is 0.294 e. The quantitative estimate of drug-likeness (QED) is 0.382. The summed E-state index contributed by atoms with van der Waals surface area (Å²) in [6.07, 6.45) is 1.69. The van der Waals surface area contributed by atoms with Crippen molar-refractivity contribution in [2.75, 3.05) is 19.0 Å². The number of thioether (sulfide) groups is 1. The van der Waals surface area contributed by atoms with E-state index in [1.54, 1.807) is 19.3 Å². The van der Waals surface area contributed by atoms with Gasteiger partial charge in [-0.2, -0.15) is 0 Å². The zero-order valence-corrected chi connectivity index (χ0v) is 19.1. The van der Waals surface area contributed by atoms with Crippen LogP contribution in [0, 0.1) is 0 Å². The second-order valence-electron chi connectivity index (χ2n) is 7.75. The number of methoxy groups -OCH3 is 1. The van der Waals surface area contributed by atoms with E-state index in [9.17, 15) is 14.4 Å². The van der Waals surface area contributed by atoms with Gasteiger partial charge in [-0.25, -0.2) is 0 Å². The molecule has 0 bridgehead atoms. The zero-order chi connectivity index (χ0) is 23.7. The van der Waals surface area contributed by atoms with Crippen LogP contribution >= 0.6 is 11.8 Å². The lowest BCUT2D eigenvalue weighted by atomic mass is 10.0. The first-order chi connectivity index (χ1) is 16.5. The number of imide groups is 1. The molecule has 5 rings (SSSR count). The van der Waals surface area contributed by atoms with Gasteiger partial charge in [0.1, 0.15) is 12.3 Å². The molecule has 1 saturated heterocycles. The number of rotatable bonds is 5. The summed E-state index contributed by atoms with van der Waals surface area (Å²) in [7, 11) is 1.61. The maximum Gasteiger partial charge on any atom is 0.294 e. The van der Waals surface area contributed by atoms with Crippen LogP contribution in [0.5, 0.6) is 5.75 Å². The lowest BCUT2D eigenvalue weighted by Gasteiger charge is -2.13. The molecule has 1 aliphatic heterocycles. The molecule has 3 amide bonds. The summed E-state index contributed by atoms with van der Waals surface area (Å²) in [5, 5.41) is 6.05. The second-order valence-corrected chi connectivity index (χ2v) is 8.74. The molecule has 34 heavy (non-hydrogen) atoms. The molecular weight excluding hydrogens is 448 g/mol. The highest BCUT2D eigenvalue weighted by Gasteiger charge is 2.36. The molecule has 0 aliphatic carbocycles. The van der Waals surface area contributed by atoms with Gasteiger partial charge in [-0.3, -0.25) is 19.3 Å². The molecule has 6 nitrogen and oxygen atoms in total. The summed E-state index contributed by atoms with van der Waals surface area (Å²) in [5.41, 5.74) is 1.43. The molecule has 1 N–H and O–H groups in total. The number of fused-ring (bicyclic) bond motifs is 2. The number of amides is 3. The van der Waals surface area contributed by atoms with Crippen LogP contribution in [-0.4, -0.2) is 35.6 Å². The van der Waals surface area contributed by atoms with Crippen molar-refractivity contribution in [3.63, 3.8) is 0 Å².